The molecule has 0 aliphatic rings. The first-order valence-electron chi connectivity index (χ1n) is 6.90. The van der Waals surface area contributed by atoms with Gasteiger partial charge >= 0.3 is 5.91 Å². The number of hydrogen-bond acceptors (Lipinski definition) is 5. The number of carbonyl (C=O) groups excluding carboxylic acids is 1. The molecule has 25 heavy (non-hydrogen) atoms. The predicted octanol–water partition coefficient (Wildman–Crippen LogP) is 4.52. The number of hydrogen-bond donors (Lipinski definition) is 1. The van der Waals surface area contributed by atoms with E-state index in [0.717, 1.165) is 9.86 Å². The van der Waals surface area contributed by atoms with Crippen molar-refractivity contribution in [2.75, 3.05) is 0 Å². The fourth-order valence-corrected chi connectivity index (χ4v) is 2.66. The van der Waals surface area contributed by atoms with Gasteiger partial charge in [-0.15, -0.1) is 0 Å². The van der Waals surface area contributed by atoms with Gasteiger partial charge in [-0.25, -0.2) is 5.43 Å². The molecule has 0 bridgehead atoms. The number of rotatable bonds is 4. The molecule has 0 saturated carbocycles. The van der Waals surface area contributed by atoms with Crippen LogP contribution in [0.4, 0.5) is 5.69 Å². The van der Waals surface area contributed by atoms with Crippen molar-refractivity contribution in [1.29, 1.82) is 0 Å². The van der Waals surface area contributed by atoms with Gasteiger partial charge < -0.3 is 4.42 Å². The van der Waals surface area contributed by atoms with Gasteiger partial charge in [0.25, 0.3) is 5.69 Å². The molecule has 0 radical (unpaired) electrons. The summed E-state index contributed by atoms with van der Waals surface area (Å²) in [6.45, 7) is 0. The Kier molecular flexibility index (Phi) is 4.82. The lowest BCUT2D eigenvalue weighted by molar-refractivity contribution is -0.384. The minimum absolute atomic E-state index is 0.0274. The summed E-state index contributed by atoms with van der Waals surface area (Å²) < 4.78 is 6.31. The van der Waals surface area contributed by atoms with E-state index in [0.29, 0.717) is 11.1 Å². The van der Waals surface area contributed by atoms with Crippen LogP contribution in [0.5, 0.6) is 0 Å². The molecule has 3 rings (SSSR count). The SMILES string of the molecule is O=C(N/N=C/c1ccc(Cl)c([N+](=O)[O-])c1)c1cc2cc(Br)ccc2o1. The normalized spacial score (nSPS) is 11.1. The average molecular weight is 423 g/mol. The van der Waals surface area contributed by atoms with Crippen LogP contribution in [0, 0.1) is 10.1 Å². The molecule has 1 aromatic heterocycles. The summed E-state index contributed by atoms with van der Waals surface area (Å²) >= 11 is 9.08. The first-order valence-corrected chi connectivity index (χ1v) is 8.07. The number of carbonyl (C=O) groups is 1. The Balaban J connectivity index is 1.73. The maximum Gasteiger partial charge on any atom is 0.307 e. The van der Waals surface area contributed by atoms with Crippen molar-refractivity contribution in [3.63, 3.8) is 0 Å². The number of fused-ring (bicyclic) bond motifs is 1. The maximum absolute atomic E-state index is 12.1. The van der Waals surface area contributed by atoms with Gasteiger partial charge in [-0.2, -0.15) is 5.10 Å². The number of nitrogens with one attached hydrogen (secondary N) is 1. The van der Waals surface area contributed by atoms with Crippen molar-refractivity contribution in [3.8, 4) is 0 Å². The molecule has 0 unspecified atom stereocenters. The zero-order valence-electron chi connectivity index (χ0n) is 12.4. The Bertz CT molecular complexity index is 1020. The molecule has 0 aliphatic carbocycles. The van der Waals surface area contributed by atoms with Crippen LogP contribution in [-0.2, 0) is 0 Å². The molecule has 9 heteroatoms. The fourth-order valence-electron chi connectivity index (χ4n) is 2.10. The zero-order chi connectivity index (χ0) is 18.0. The molecule has 126 valence electrons. The zero-order valence-corrected chi connectivity index (χ0v) is 14.7. The molecule has 1 amide bonds. The molecule has 0 spiro atoms. The molecule has 0 fully saturated rings. The van der Waals surface area contributed by atoms with E-state index in [4.69, 9.17) is 16.0 Å². The van der Waals surface area contributed by atoms with Crippen molar-refractivity contribution in [3.05, 3.63) is 73.4 Å². The van der Waals surface area contributed by atoms with Crippen LogP contribution in [-0.4, -0.2) is 17.0 Å². The van der Waals surface area contributed by atoms with Crippen molar-refractivity contribution in [2.24, 2.45) is 5.10 Å². The number of hydrazone groups is 1. The summed E-state index contributed by atoms with van der Waals surface area (Å²) in [5, 5.41) is 15.4. The van der Waals surface area contributed by atoms with E-state index in [1.165, 1.54) is 18.3 Å². The van der Waals surface area contributed by atoms with E-state index in [2.05, 4.69) is 26.5 Å². The van der Waals surface area contributed by atoms with E-state index >= 15 is 0 Å². The highest BCUT2D eigenvalue weighted by molar-refractivity contribution is 9.10. The van der Waals surface area contributed by atoms with Crippen LogP contribution in [0.1, 0.15) is 16.1 Å². The van der Waals surface area contributed by atoms with Gasteiger partial charge in [-0.05, 0) is 30.3 Å². The van der Waals surface area contributed by atoms with Gasteiger partial charge in [0.1, 0.15) is 10.6 Å². The monoisotopic (exact) mass is 421 g/mol. The van der Waals surface area contributed by atoms with Gasteiger partial charge in [0.15, 0.2) is 5.76 Å². The van der Waals surface area contributed by atoms with E-state index in [-0.39, 0.29) is 16.5 Å². The lowest BCUT2D eigenvalue weighted by Gasteiger charge is -1.98. The van der Waals surface area contributed by atoms with Gasteiger partial charge in [0, 0.05) is 21.5 Å². The quantitative estimate of drug-likeness (QED) is 0.380. The smallest absolute Gasteiger partial charge is 0.307 e. The predicted molar refractivity (Wildman–Crippen MR) is 97.1 cm³/mol. The third-order valence-electron chi connectivity index (χ3n) is 3.25. The number of benzene rings is 2. The highest BCUT2D eigenvalue weighted by atomic mass is 79.9. The van der Waals surface area contributed by atoms with Crippen LogP contribution in [0.25, 0.3) is 11.0 Å². The minimum atomic E-state index is -0.592. The number of nitro groups is 1. The summed E-state index contributed by atoms with van der Waals surface area (Å²) in [5.74, 6) is -0.431. The molecule has 0 atom stereocenters. The lowest BCUT2D eigenvalue weighted by Crippen LogP contribution is -2.16. The number of halogens is 2. The number of furan rings is 1. The topological polar surface area (TPSA) is 97.7 Å². The second-order valence-electron chi connectivity index (χ2n) is 4.96. The Morgan fingerprint density at radius 1 is 1.28 bits per heavy atom. The third-order valence-corrected chi connectivity index (χ3v) is 4.06. The van der Waals surface area contributed by atoms with Gasteiger partial charge in [0.2, 0.25) is 0 Å². The van der Waals surface area contributed by atoms with Gasteiger partial charge in [0.05, 0.1) is 11.1 Å². The highest BCUT2D eigenvalue weighted by Crippen LogP contribution is 2.25. The molecule has 2 aromatic carbocycles. The first-order chi connectivity index (χ1) is 11.9. The molecular weight excluding hydrogens is 414 g/mol. The largest absolute Gasteiger partial charge is 0.451 e. The maximum atomic E-state index is 12.1. The van der Waals surface area contributed by atoms with Crippen molar-refractivity contribution in [2.45, 2.75) is 0 Å². The second-order valence-corrected chi connectivity index (χ2v) is 6.28. The molecular formula is C16H9BrClN3O4. The highest BCUT2D eigenvalue weighted by Gasteiger charge is 2.13. The molecule has 3 aromatic rings. The lowest BCUT2D eigenvalue weighted by atomic mass is 10.2. The van der Waals surface area contributed by atoms with Crippen molar-refractivity contribution >= 4 is 56.3 Å². The summed E-state index contributed by atoms with van der Waals surface area (Å²) in [6, 6.07) is 11.2. The van der Waals surface area contributed by atoms with Crippen LogP contribution in [0.15, 0.2) is 56.5 Å². The summed E-state index contributed by atoms with van der Waals surface area (Å²) in [5.41, 5.74) is 3.07. The Morgan fingerprint density at radius 2 is 2.08 bits per heavy atom. The molecule has 7 nitrogen and oxygen atoms in total. The first kappa shape index (κ1) is 17.1. The second kappa shape index (κ2) is 7.04. The average Bonchev–Trinajstić information content (AvgIpc) is 2.99. The standard InChI is InChI=1S/C16H9BrClN3O4/c17-11-2-4-14-10(6-11)7-15(25-14)16(22)20-19-8-9-1-3-12(18)13(5-9)21(23)24/h1-8H,(H,20,22)/b19-8+. The Morgan fingerprint density at radius 3 is 2.84 bits per heavy atom. The van der Waals surface area contributed by atoms with E-state index < -0.39 is 10.8 Å². The molecule has 0 aliphatic heterocycles. The summed E-state index contributed by atoms with van der Waals surface area (Å²) in [6.07, 6.45) is 1.28. The minimum Gasteiger partial charge on any atom is -0.451 e. The molecule has 1 N–H and O–H groups in total. The van der Waals surface area contributed by atoms with Crippen molar-refractivity contribution < 1.29 is 14.1 Å². The summed E-state index contributed by atoms with van der Waals surface area (Å²) in [7, 11) is 0. The third kappa shape index (κ3) is 3.86. The van der Waals surface area contributed by atoms with Gasteiger partial charge in [-0.3, -0.25) is 14.9 Å². The number of amides is 1. The number of nitrogens with zero attached hydrogens (tertiary/aromatic N) is 2. The van der Waals surface area contributed by atoms with E-state index in [1.807, 2.05) is 6.07 Å². The van der Waals surface area contributed by atoms with Crippen molar-refractivity contribution in [1.82, 2.24) is 5.43 Å². The fraction of sp³-hybridized carbons (Fsp3) is 0. The number of nitro benzene ring substituents is 1. The van der Waals surface area contributed by atoms with Crippen LogP contribution in [0.3, 0.4) is 0 Å². The van der Waals surface area contributed by atoms with Crippen LogP contribution < -0.4 is 5.43 Å². The van der Waals surface area contributed by atoms with Crippen LogP contribution in [0.2, 0.25) is 5.02 Å². The Labute approximate surface area is 154 Å². The van der Waals surface area contributed by atoms with E-state index in [9.17, 15) is 14.9 Å². The van der Waals surface area contributed by atoms with Gasteiger partial charge in [-0.1, -0.05) is 33.6 Å². The Hall–Kier alpha value is -2.71. The molecule has 0 saturated heterocycles. The summed E-state index contributed by atoms with van der Waals surface area (Å²) in [4.78, 5) is 22.3. The van der Waals surface area contributed by atoms with Crippen LogP contribution >= 0.6 is 27.5 Å². The molecule has 1 heterocycles. The van der Waals surface area contributed by atoms with E-state index in [1.54, 1.807) is 24.3 Å².